The molecule has 0 radical (unpaired) electrons. The van der Waals surface area contributed by atoms with E-state index in [0.29, 0.717) is 41.2 Å². The lowest BCUT2D eigenvalue weighted by molar-refractivity contribution is 0.0798. The fraction of sp³-hybridized carbons (Fsp3) is 0.576. The molecule has 234 valence electrons. The molecule has 2 saturated heterocycles. The largest absolute Gasteiger partial charge is 0.480 e. The monoisotopic (exact) mass is 602 g/mol. The molecule has 3 aliphatic rings. The van der Waals surface area contributed by atoms with Crippen LogP contribution in [0.2, 0.25) is 0 Å². The lowest BCUT2D eigenvalue weighted by Gasteiger charge is -2.39. The van der Waals surface area contributed by atoms with Gasteiger partial charge in [0, 0.05) is 35.5 Å². The first kappa shape index (κ1) is 29.2. The van der Waals surface area contributed by atoms with E-state index in [9.17, 15) is 0 Å². The first-order chi connectivity index (χ1) is 21.4. The quantitative estimate of drug-likeness (QED) is 0.254. The average molecular weight is 603 g/mol. The topological polar surface area (TPSA) is 113 Å². The van der Waals surface area contributed by atoms with Crippen LogP contribution in [0, 0.1) is 31.0 Å². The van der Waals surface area contributed by atoms with Crippen molar-refractivity contribution in [1.82, 2.24) is 35.8 Å². The van der Waals surface area contributed by atoms with Crippen LogP contribution in [0.1, 0.15) is 56.1 Å². The predicted molar refractivity (Wildman–Crippen MR) is 170 cm³/mol. The van der Waals surface area contributed by atoms with Gasteiger partial charge in [0.25, 0.3) is 0 Å². The number of nitrogens with zero attached hydrogens (tertiary/aromatic N) is 5. The number of aromatic nitrogens is 5. The van der Waals surface area contributed by atoms with Crippen molar-refractivity contribution in [3.8, 4) is 23.1 Å². The zero-order chi connectivity index (χ0) is 30.4. The van der Waals surface area contributed by atoms with Crippen molar-refractivity contribution >= 4 is 27.6 Å². The van der Waals surface area contributed by atoms with Gasteiger partial charge in [-0.05, 0) is 95.6 Å². The second-order valence-corrected chi connectivity index (χ2v) is 13.0. The van der Waals surface area contributed by atoms with Gasteiger partial charge in [0.2, 0.25) is 5.88 Å². The van der Waals surface area contributed by atoms with Crippen LogP contribution >= 0.6 is 0 Å². The molecule has 3 aromatic heterocycles. The molecule has 4 aromatic rings. The van der Waals surface area contributed by atoms with Gasteiger partial charge in [-0.1, -0.05) is 6.42 Å². The van der Waals surface area contributed by atoms with Crippen molar-refractivity contribution in [2.45, 2.75) is 64.8 Å². The Morgan fingerprint density at radius 2 is 2.00 bits per heavy atom. The van der Waals surface area contributed by atoms with E-state index in [0.717, 1.165) is 86.7 Å². The maximum atomic E-state index is 17.0. The molecule has 3 N–H and O–H groups in total. The number of piperidine rings is 2. The third kappa shape index (κ3) is 4.94. The number of anilines is 1. The second kappa shape index (κ2) is 11.7. The Bertz CT molecular complexity index is 1690. The van der Waals surface area contributed by atoms with Gasteiger partial charge in [-0.3, -0.25) is 5.10 Å². The van der Waals surface area contributed by atoms with Crippen molar-refractivity contribution in [2.24, 2.45) is 11.3 Å². The molecule has 11 heteroatoms. The number of ether oxygens (including phenoxy) is 2. The first-order valence-corrected chi connectivity index (χ1v) is 16.1. The molecule has 0 spiro atoms. The summed E-state index contributed by atoms with van der Waals surface area (Å²) in [6.45, 7) is 8.06. The molecule has 2 aliphatic heterocycles. The summed E-state index contributed by atoms with van der Waals surface area (Å²) in [7, 11) is 3.55. The number of methoxy groups -OCH3 is 1. The number of halogens is 1. The summed E-state index contributed by atoms with van der Waals surface area (Å²) in [5, 5.41) is 15.6. The zero-order valence-corrected chi connectivity index (χ0v) is 26.2. The van der Waals surface area contributed by atoms with Crippen LogP contribution < -0.4 is 25.0 Å². The van der Waals surface area contributed by atoms with Gasteiger partial charge in [-0.2, -0.15) is 15.1 Å². The number of hydrogen-bond donors (Lipinski definition) is 3. The molecule has 5 heterocycles. The summed E-state index contributed by atoms with van der Waals surface area (Å²) in [5.74, 6) is 0.863. The van der Waals surface area contributed by atoms with E-state index in [1.54, 1.807) is 13.3 Å². The van der Waals surface area contributed by atoms with Crippen LogP contribution in [0.15, 0.2) is 12.3 Å². The van der Waals surface area contributed by atoms with E-state index in [2.05, 4.69) is 25.7 Å². The molecule has 44 heavy (non-hydrogen) atoms. The molecule has 1 aliphatic carbocycles. The smallest absolute Gasteiger partial charge is 0.319 e. The lowest BCUT2D eigenvalue weighted by Crippen LogP contribution is -2.49. The average Bonchev–Trinajstić information content (AvgIpc) is 3.69. The third-order valence-electron chi connectivity index (χ3n) is 10.4. The number of fused-ring (bicyclic) bond motifs is 3. The molecule has 1 saturated carbocycles. The molecule has 10 nitrogen and oxygen atoms in total. The number of rotatable bonds is 8. The number of hydrogen-bond acceptors (Lipinski definition) is 9. The molecule has 3 fully saturated rings. The number of benzene rings is 1. The van der Waals surface area contributed by atoms with Gasteiger partial charge >= 0.3 is 6.01 Å². The number of H-pyrrole nitrogens is 1. The fourth-order valence-electron chi connectivity index (χ4n) is 7.98. The van der Waals surface area contributed by atoms with Gasteiger partial charge in [0.05, 0.1) is 25.4 Å². The van der Waals surface area contributed by atoms with Crippen molar-refractivity contribution in [1.29, 1.82) is 0 Å². The second-order valence-electron chi connectivity index (χ2n) is 13.0. The molecule has 3 unspecified atom stereocenters. The first-order valence-electron chi connectivity index (χ1n) is 16.1. The highest BCUT2D eigenvalue weighted by Gasteiger charge is 2.45. The minimum atomic E-state index is -0.509. The predicted octanol–water partition coefficient (Wildman–Crippen LogP) is 5.07. The van der Waals surface area contributed by atoms with Gasteiger partial charge in [0.1, 0.15) is 22.4 Å². The maximum Gasteiger partial charge on any atom is 0.319 e. The Balaban J connectivity index is 1.39. The number of nitrogens with one attached hydrogen (secondary N) is 3. The molecular formula is C33H43FN8O2. The van der Waals surface area contributed by atoms with E-state index in [-0.39, 0.29) is 22.6 Å². The van der Waals surface area contributed by atoms with E-state index in [4.69, 9.17) is 24.4 Å². The van der Waals surface area contributed by atoms with Crippen LogP contribution in [0.3, 0.4) is 0 Å². The Hall–Kier alpha value is -3.57. The van der Waals surface area contributed by atoms with Crippen molar-refractivity contribution in [2.75, 3.05) is 51.8 Å². The Kier molecular flexibility index (Phi) is 7.78. The Labute approximate surface area is 257 Å². The van der Waals surface area contributed by atoms with E-state index < -0.39 is 5.82 Å². The van der Waals surface area contributed by atoms with Gasteiger partial charge in [-0.15, -0.1) is 0 Å². The number of aromatic amines is 1. The minimum absolute atomic E-state index is 0.0605. The van der Waals surface area contributed by atoms with Crippen LogP contribution in [0.4, 0.5) is 10.2 Å². The summed E-state index contributed by atoms with van der Waals surface area (Å²) >= 11 is 0. The normalized spacial score (nSPS) is 23.8. The van der Waals surface area contributed by atoms with Gasteiger partial charge < -0.3 is 25.0 Å². The summed E-state index contributed by atoms with van der Waals surface area (Å²) in [4.78, 5) is 16.8. The van der Waals surface area contributed by atoms with Crippen molar-refractivity contribution < 1.29 is 13.9 Å². The highest BCUT2D eigenvalue weighted by Crippen LogP contribution is 2.45. The Morgan fingerprint density at radius 3 is 2.84 bits per heavy atom. The SMILES string of the molecule is CNCC1CCCN(c2nc(OCC34CCCNC3CCC4)nc3c(F)c(-c4c(C)c(C)cc5[nH]ncc45)nc(OC)c23)C1. The minimum Gasteiger partial charge on any atom is -0.480 e. The van der Waals surface area contributed by atoms with Crippen LogP contribution in [0.25, 0.3) is 33.1 Å². The summed E-state index contributed by atoms with van der Waals surface area (Å²) in [5.41, 5.74) is 3.87. The maximum absolute atomic E-state index is 17.0. The zero-order valence-electron chi connectivity index (χ0n) is 26.2. The standard InChI is InChI=1S/C33H43FN8O2/c1-19-14-23-22(16-37-41-23)25(20(19)2)28-27(34)29-26(31(38-28)43-4)30(42-13-6-8-21(17-42)15-35-3)40-32(39-29)44-18-33-10-5-9-24(33)36-12-7-11-33/h14,16,21,24,35-36H,5-13,15,17-18H2,1-4H3,(H,37,41). The Morgan fingerprint density at radius 1 is 1.14 bits per heavy atom. The van der Waals surface area contributed by atoms with Crippen LogP contribution in [-0.2, 0) is 0 Å². The summed E-state index contributed by atoms with van der Waals surface area (Å²) in [6.07, 6.45) is 9.57. The van der Waals surface area contributed by atoms with Gasteiger partial charge in [0.15, 0.2) is 5.82 Å². The van der Waals surface area contributed by atoms with Crippen LogP contribution in [-0.4, -0.2) is 78.1 Å². The molecular weight excluding hydrogens is 559 g/mol. The van der Waals surface area contributed by atoms with Gasteiger partial charge in [-0.25, -0.2) is 9.37 Å². The van der Waals surface area contributed by atoms with Crippen molar-refractivity contribution in [3.63, 3.8) is 0 Å². The van der Waals surface area contributed by atoms with E-state index >= 15 is 4.39 Å². The molecule has 7 rings (SSSR count). The molecule has 0 amide bonds. The highest BCUT2D eigenvalue weighted by molar-refractivity contribution is 6.01. The number of aryl methyl sites for hydroxylation is 1. The van der Waals surface area contributed by atoms with Crippen LogP contribution in [0.5, 0.6) is 11.9 Å². The third-order valence-corrected chi connectivity index (χ3v) is 10.4. The highest BCUT2D eigenvalue weighted by atomic mass is 19.1. The number of pyridine rings is 1. The lowest BCUT2D eigenvalue weighted by atomic mass is 9.76. The fourth-order valence-corrected chi connectivity index (χ4v) is 7.98. The van der Waals surface area contributed by atoms with Crippen molar-refractivity contribution in [3.05, 3.63) is 29.2 Å². The summed E-state index contributed by atoms with van der Waals surface area (Å²) < 4.78 is 29.4. The molecule has 3 atom stereocenters. The van der Waals surface area contributed by atoms with E-state index in [1.807, 2.05) is 27.0 Å². The summed E-state index contributed by atoms with van der Waals surface area (Å²) in [6, 6.07) is 2.67. The molecule has 1 aromatic carbocycles. The van der Waals surface area contributed by atoms with E-state index in [1.165, 1.54) is 6.42 Å². The molecule has 0 bridgehead atoms.